The average Bonchev–Trinajstić information content (AvgIpc) is 3.10. The van der Waals surface area contributed by atoms with Crippen LogP contribution < -0.4 is 10.6 Å². The lowest BCUT2D eigenvalue weighted by Crippen LogP contribution is -2.14. The van der Waals surface area contributed by atoms with Crippen LogP contribution in [0.15, 0.2) is 72.9 Å². The number of rotatable bonds is 6. The fourth-order valence-electron chi connectivity index (χ4n) is 2.58. The van der Waals surface area contributed by atoms with E-state index in [1.54, 1.807) is 0 Å². The number of carbonyl (C=O) groups is 1. The molecule has 4 nitrogen and oxygen atoms in total. The highest BCUT2D eigenvalue weighted by Gasteiger charge is 2.06. The summed E-state index contributed by atoms with van der Waals surface area (Å²) in [6, 6.07) is 22.1. The zero-order valence-electron chi connectivity index (χ0n) is 13.6. The van der Waals surface area contributed by atoms with E-state index in [2.05, 4.69) is 34.7 Å². The van der Waals surface area contributed by atoms with E-state index in [9.17, 15) is 4.79 Å². The summed E-state index contributed by atoms with van der Waals surface area (Å²) in [5.41, 5.74) is 3.96. The number of nitrogens with one attached hydrogen (secondary N) is 3. The molecule has 0 spiro atoms. The van der Waals surface area contributed by atoms with Crippen molar-refractivity contribution >= 4 is 17.3 Å². The van der Waals surface area contributed by atoms with Crippen molar-refractivity contribution in [2.24, 2.45) is 0 Å². The second kappa shape index (κ2) is 7.51. The Morgan fingerprint density at radius 1 is 0.958 bits per heavy atom. The number of benzene rings is 2. The Morgan fingerprint density at radius 3 is 2.33 bits per heavy atom. The van der Waals surface area contributed by atoms with Crippen molar-refractivity contribution in [1.29, 1.82) is 0 Å². The van der Waals surface area contributed by atoms with Crippen molar-refractivity contribution in [2.45, 2.75) is 19.4 Å². The molecule has 3 N–H and O–H groups in total. The summed E-state index contributed by atoms with van der Waals surface area (Å²) in [6.07, 6.45) is 2.16. The minimum atomic E-state index is -0.0317. The fraction of sp³-hybridized carbons (Fsp3) is 0.150. The molecule has 0 saturated heterocycles. The van der Waals surface area contributed by atoms with Gasteiger partial charge >= 0.3 is 0 Å². The van der Waals surface area contributed by atoms with Gasteiger partial charge in [-0.15, -0.1) is 0 Å². The molecule has 1 heterocycles. The van der Waals surface area contributed by atoms with Gasteiger partial charge in [-0.2, -0.15) is 0 Å². The molecule has 0 unspecified atom stereocenters. The fourth-order valence-corrected chi connectivity index (χ4v) is 2.58. The Hall–Kier alpha value is -3.01. The first-order valence-corrected chi connectivity index (χ1v) is 8.04. The molecule has 2 aromatic carbocycles. The van der Waals surface area contributed by atoms with Gasteiger partial charge in [0.1, 0.15) is 0 Å². The molecule has 4 heteroatoms. The van der Waals surface area contributed by atoms with E-state index in [4.69, 9.17) is 0 Å². The normalized spacial score (nSPS) is 11.7. The highest BCUT2D eigenvalue weighted by atomic mass is 16.1. The maximum absolute atomic E-state index is 12.0. The average molecular weight is 319 g/mol. The first-order chi connectivity index (χ1) is 11.7. The minimum Gasteiger partial charge on any atom is -0.379 e. The van der Waals surface area contributed by atoms with Gasteiger partial charge in [0.2, 0.25) is 5.91 Å². The van der Waals surface area contributed by atoms with E-state index in [0.29, 0.717) is 6.42 Å². The summed E-state index contributed by atoms with van der Waals surface area (Å²) >= 11 is 0. The molecule has 1 amide bonds. The van der Waals surface area contributed by atoms with Gasteiger partial charge in [-0.1, -0.05) is 30.3 Å². The lowest BCUT2D eigenvalue weighted by atomic mass is 10.1. The molecule has 0 aliphatic carbocycles. The SMILES string of the molecule is C[C@@H](Nc1ccc(NC(=O)Cc2ccc[nH]2)cc1)c1ccccc1. The van der Waals surface area contributed by atoms with E-state index in [1.165, 1.54) is 5.56 Å². The number of H-pyrrole nitrogens is 1. The van der Waals surface area contributed by atoms with Crippen molar-refractivity contribution in [3.05, 3.63) is 84.2 Å². The predicted molar refractivity (Wildman–Crippen MR) is 98.0 cm³/mol. The summed E-state index contributed by atoms with van der Waals surface area (Å²) in [4.78, 5) is 15.0. The van der Waals surface area contributed by atoms with Gasteiger partial charge in [0.25, 0.3) is 0 Å². The summed E-state index contributed by atoms with van der Waals surface area (Å²) in [5, 5.41) is 6.36. The first kappa shape index (κ1) is 15.9. The second-order valence-corrected chi connectivity index (χ2v) is 5.77. The van der Waals surface area contributed by atoms with Gasteiger partial charge in [-0.25, -0.2) is 0 Å². The minimum absolute atomic E-state index is 0.0317. The third-order valence-electron chi connectivity index (χ3n) is 3.86. The van der Waals surface area contributed by atoms with Gasteiger partial charge in [0, 0.05) is 29.3 Å². The number of aromatic amines is 1. The molecular formula is C20H21N3O. The molecule has 0 radical (unpaired) electrons. The number of hydrogen-bond acceptors (Lipinski definition) is 2. The van der Waals surface area contributed by atoms with Crippen LogP contribution in [0.1, 0.15) is 24.2 Å². The Morgan fingerprint density at radius 2 is 1.67 bits per heavy atom. The van der Waals surface area contributed by atoms with Crippen LogP contribution in [-0.2, 0) is 11.2 Å². The van der Waals surface area contributed by atoms with Crippen molar-refractivity contribution in [3.8, 4) is 0 Å². The lowest BCUT2D eigenvalue weighted by molar-refractivity contribution is -0.115. The largest absolute Gasteiger partial charge is 0.379 e. The molecule has 1 atom stereocenters. The molecule has 1 aromatic heterocycles. The Bertz CT molecular complexity index is 764. The van der Waals surface area contributed by atoms with Crippen LogP contribution in [0, 0.1) is 0 Å². The van der Waals surface area contributed by atoms with E-state index in [0.717, 1.165) is 17.1 Å². The van der Waals surface area contributed by atoms with Gasteiger partial charge in [0.05, 0.1) is 6.42 Å². The second-order valence-electron chi connectivity index (χ2n) is 5.77. The Labute approximate surface area is 141 Å². The summed E-state index contributed by atoms with van der Waals surface area (Å²) in [7, 11) is 0. The monoisotopic (exact) mass is 319 g/mol. The molecule has 0 aliphatic rings. The zero-order chi connectivity index (χ0) is 16.8. The van der Waals surface area contributed by atoms with Crippen LogP contribution in [-0.4, -0.2) is 10.9 Å². The van der Waals surface area contributed by atoms with Gasteiger partial charge < -0.3 is 15.6 Å². The number of carbonyl (C=O) groups excluding carboxylic acids is 1. The number of aromatic nitrogens is 1. The van der Waals surface area contributed by atoms with E-state index in [1.807, 2.05) is 60.8 Å². The molecule has 0 bridgehead atoms. The molecule has 0 saturated carbocycles. The van der Waals surface area contributed by atoms with Crippen molar-refractivity contribution in [3.63, 3.8) is 0 Å². The number of anilines is 2. The molecule has 24 heavy (non-hydrogen) atoms. The third kappa shape index (κ3) is 4.26. The maximum atomic E-state index is 12.0. The summed E-state index contributed by atoms with van der Waals surface area (Å²) in [5.74, 6) is -0.0317. The third-order valence-corrected chi connectivity index (χ3v) is 3.86. The van der Waals surface area contributed by atoms with Crippen molar-refractivity contribution < 1.29 is 4.79 Å². The van der Waals surface area contributed by atoms with E-state index in [-0.39, 0.29) is 11.9 Å². The Kier molecular flexibility index (Phi) is 4.96. The molecule has 3 aromatic rings. The van der Waals surface area contributed by atoms with Gasteiger partial charge in [-0.3, -0.25) is 4.79 Å². The van der Waals surface area contributed by atoms with Crippen LogP contribution in [0.3, 0.4) is 0 Å². The molecule has 122 valence electrons. The maximum Gasteiger partial charge on any atom is 0.230 e. The van der Waals surface area contributed by atoms with Crippen LogP contribution in [0.4, 0.5) is 11.4 Å². The highest BCUT2D eigenvalue weighted by Crippen LogP contribution is 2.20. The van der Waals surface area contributed by atoms with Crippen molar-refractivity contribution in [1.82, 2.24) is 4.98 Å². The van der Waals surface area contributed by atoms with Crippen LogP contribution >= 0.6 is 0 Å². The number of hydrogen-bond donors (Lipinski definition) is 3. The lowest BCUT2D eigenvalue weighted by Gasteiger charge is -2.16. The van der Waals surface area contributed by atoms with Crippen molar-refractivity contribution in [2.75, 3.05) is 10.6 Å². The first-order valence-electron chi connectivity index (χ1n) is 8.04. The number of amides is 1. The highest BCUT2D eigenvalue weighted by molar-refractivity contribution is 5.92. The van der Waals surface area contributed by atoms with Crippen LogP contribution in [0.5, 0.6) is 0 Å². The smallest absolute Gasteiger partial charge is 0.230 e. The van der Waals surface area contributed by atoms with E-state index >= 15 is 0 Å². The summed E-state index contributed by atoms with van der Waals surface area (Å²) in [6.45, 7) is 2.13. The standard InChI is InChI=1S/C20H21N3O/c1-15(16-6-3-2-4-7-16)22-17-9-11-18(12-10-17)23-20(24)14-19-8-5-13-21-19/h2-13,15,21-22H,14H2,1H3,(H,23,24)/t15-/m1/s1. The Balaban J connectivity index is 1.56. The zero-order valence-corrected chi connectivity index (χ0v) is 13.6. The molecule has 3 rings (SSSR count). The predicted octanol–water partition coefficient (Wildman–Crippen LogP) is 4.37. The van der Waals surface area contributed by atoms with Crippen LogP contribution in [0.2, 0.25) is 0 Å². The molecule has 0 aliphatic heterocycles. The quantitative estimate of drug-likeness (QED) is 0.632. The molecule has 0 fully saturated rings. The topological polar surface area (TPSA) is 56.9 Å². The van der Waals surface area contributed by atoms with Gasteiger partial charge in [0.15, 0.2) is 0 Å². The van der Waals surface area contributed by atoms with E-state index < -0.39 is 0 Å². The van der Waals surface area contributed by atoms with Crippen LogP contribution in [0.25, 0.3) is 0 Å². The molecular weight excluding hydrogens is 298 g/mol. The van der Waals surface area contributed by atoms with Gasteiger partial charge in [-0.05, 0) is 48.9 Å². The summed E-state index contributed by atoms with van der Waals surface area (Å²) < 4.78 is 0.